The van der Waals surface area contributed by atoms with E-state index < -0.39 is 0 Å². The summed E-state index contributed by atoms with van der Waals surface area (Å²) in [5, 5.41) is 9.25. The summed E-state index contributed by atoms with van der Waals surface area (Å²) in [6.45, 7) is 4.59. The number of rotatable bonds is 4. The number of hydrogen-bond acceptors (Lipinski definition) is 2. The lowest BCUT2D eigenvalue weighted by molar-refractivity contribution is -0.115. The standard InChI is InChI=1S/C12H22O2/c1-3-9-5-10(4-2)12(8-14)6-11(9)7-13/h7,9-12,14H,3-6,8H2,1-2H3. The van der Waals surface area contributed by atoms with Gasteiger partial charge in [-0.3, -0.25) is 0 Å². The van der Waals surface area contributed by atoms with Crippen LogP contribution in [0.4, 0.5) is 0 Å². The maximum Gasteiger partial charge on any atom is 0.123 e. The first-order chi connectivity index (χ1) is 6.76. The van der Waals surface area contributed by atoms with Crippen LogP contribution >= 0.6 is 0 Å². The van der Waals surface area contributed by atoms with Crippen molar-refractivity contribution in [3.05, 3.63) is 0 Å². The minimum Gasteiger partial charge on any atom is -0.396 e. The molecule has 0 saturated heterocycles. The van der Waals surface area contributed by atoms with Gasteiger partial charge < -0.3 is 9.90 Å². The van der Waals surface area contributed by atoms with Gasteiger partial charge in [0, 0.05) is 12.5 Å². The molecule has 0 aromatic rings. The molecule has 0 heterocycles. The molecule has 1 N–H and O–H groups in total. The average Bonchev–Trinajstić information content (AvgIpc) is 2.26. The van der Waals surface area contributed by atoms with Crippen molar-refractivity contribution >= 4 is 6.29 Å². The van der Waals surface area contributed by atoms with E-state index in [1.165, 1.54) is 0 Å². The summed E-state index contributed by atoms with van der Waals surface area (Å²) in [4.78, 5) is 10.9. The first-order valence-electron chi connectivity index (χ1n) is 5.82. The Bertz CT molecular complexity index is 179. The molecule has 2 heteroatoms. The van der Waals surface area contributed by atoms with Crippen LogP contribution in [-0.4, -0.2) is 18.0 Å². The lowest BCUT2D eigenvalue weighted by atomic mass is 9.67. The number of hydrogen-bond donors (Lipinski definition) is 1. The zero-order valence-electron chi connectivity index (χ0n) is 9.28. The molecule has 4 unspecified atom stereocenters. The van der Waals surface area contributed by atoms with E-state index in [-0.39, 0.29) is 12.5 Å². The van der Waals surface area contributed by atoms with Gasteiger partial charge in [-0.1, -0.05) is 26.7 Å². The van der Waals surface area contributed by atoms with Crippen LogP contribution in [0.5, 0.6) is 0 Å². The number of aldehydes is 1. The number of aliphatic hydroxyl groups is 1. The van der Waals surface area contributed by atoms with Gasteiger partial charge in [-0.2, -0.15) is 0 Å². The van der Waals surface area contributed by atoms with Gasteiger partial charge in [-0.25, -0.2) is 0 Å². The second-order valence-electron chi connectivity index (χ2n) is 4.55. The fourth-order valence-corrected chi connectivity index (χ4v) is 2.85. The second-order valence-corrected chi connectivity index (χ2v) is 4.55. The van der Waals surface area contributed by atoms with E-state index in [4.69, 9.17) is 0 Å². The molecule has 2 nitrogen and oxygen atoms in total. The Morgan fingerprint density at radius 3 is 2.21 bits per heavy atom. The molecular weight excluding hydrogens is 176 g/mol. The van der Waals surface area contributed by atoms with E-state index in [0.29, 0.717) is 17.8 Å². The van der Waals surface area contributed by atoms with Gasteiger partial charge in [0.15, 0.2) is 0 Å². The Morgan fingerprint density at radius 2 is 1.79 bits per heavy atom. The third-order valence-corrected chi connectivity index (χ3v) is 3.91. The van der Waals surface area contributed by atoms with E-state index in [1.807, 2.05) is 0 Å². The molecule has 1 saturated carbocycles. The van der Waals surface area contributed by atoms with Gasteiger partial charge in [0.1, 0.15) is 6.29 Å². The first kappa shape index (κ1) is 11.7. The largest absolute Gasteiger partial charge is 0.396 e. The molecule has 1 aliphatic rings. The third-order valence-electron chi connectivity index (χ3n) is 3.91. The van der Waals surface area contributed by atoms with Crippen molar-refractivity contribution in [2.75, 3.05) is 6.61 Å². The normalized spacial score (nSPS) is 38.2. The smallest absolute Gasteiger partial charge is 0.123 e. The summed E-state index contributed by atoms with van der Waals surface area (Å²) in [6, 6.07) is 0. The number of carbonyl (C=O) groups is 1. The highest BCUT2D eigenvalue weighted by atomic mass is 16.3. The van der Waals surface area contributed by atoms with Crippen LogP contribution in [0.25, 0.3) is 0 Å². The maximum atomic E-state index is 10.9. The zero-order chi connectivity index (χ0) is 10.6. The van der Waals surface area contributed by atoms with E-state index in [0.717, 1.165) is 32.0 Å². The quantitative estimate of drug-likeness (QED) is 0.703. The van der Waals surface area contributed by atoms with E-state index in [2.05, 4.69) is 13.8 Å². The monoisotopic (exact) mass is 198 g/mol. The van der Waals surface area contributed by atoms with Gasteiger partial charge in [-0.15, -0.1) is 0 Å². The molecule has 1 aliphatic carbocycles. The van der Waals surface area contributed by atoms with Crippen LogP contribution in [0.15, 0.2) is 0 Å². The highest BCUT2D eigenvalue weighted by molar-refractivity contribution is 5.54. The van der Waals surface area contributed by atoms with Crippen LogP contribution in [0.3, 0.4) is 0 Å². The highest BCUT2D eigenvalue weighted by Crippen LogP contribution is 2.39. The van der Waals surface area contributed by atoms with Gasteiger partial charge >= 0.3 is 0 Å². The maximum absolute atomic E-state index is 10.9. The minimum atomic E-state index is 0.194. The number of aliphatic hydroxyl groups excluding tert-OH is 1. The Labute approximate surface area is 86.7 Å². The molecule has 14 heavy (non-hydrogen) atoms. The molecule has 0 radical (unpaired) electrons. The van der Waals surface area contributed by atoms with Crippen LogP contribution in [-0.2, 0) is 4.79 Å². The molecular formula is C12H22O2. The minimum absolute atomic E-state index is 0.194. The lowest BCUT2D eigenvalue weighted by Gasteiger charge is -2.38. The molecule has 1 rings (SSSR count). The Kier molecular flexibility index (Phi) is 4.59. The van der Waals surface area contributed by atoms with Crippen LogP contribution in [0.2, 0.25) is 0 Å². The molecule has 0 amide bonds. The summed E-state index contributed by atoms with van der Waals surface area (Å²) in [7, 11) is 0. The van der Waals surface area contributed by atoms with Crippen molar-refractivity contribution in [1.82, 2.24) is 0 Å². The number of carbonyl (C=O) groups excluding carboxylic acids is 1. The summed E-state index contributed by atoms with van der Waals surface area (Å²) in [5.74, 6) is 1.74. The molecule has 4 atom stereocenters. The highest BCUT2D eigenvalue weighted by Gasteiger charge is 2.34. The van der Waals surface area contributed by atoms with Crippen LogP contribution in [0.1, 0.15) is 39.5 Å². The van der Waals surface area contributed by atoms with Gasteiger partial charge in [-0.05, 0) is 30.6 Å². The van der Waals surface area contributed by atoms with Crippen LogP contribution < -0.4 is 0 Å². The molecule has 0 aliphatic heterocycles. The Hall–Kier alpha value is -0.370. The summed E-state index contributed by atoms with van der Waals surface area (Å²) < 4.78 is 0. The van der Waals surface area contributed by atoms with Crippen molar-refractivity contribution in [3.8, 4) is 0 Å². The fraction of sp³-hybridized carbons (Fsp3) is 0.917. The Balaban J connectivity index is 2.64. The molecule has 82 valence electrons. The lowest BCUT2D eigenvalue weighted by Crippen LogP contribution is -2.34. The fourth-order valence-electron chi connectivity index (χ4n) is 2.85. The first-order valence-corrected chi connectivity index (χ1v) is 5.82. The van der Waals surface area contributed by atoms with Gasteiger partial charge in [0.05, 0.1) is 0 Å². The summed E-state index contributed by atoms with van der Waals surface area (Å²) >= 11 is 0. The van der Waals surface area contributed by atoms with Crippen LogP contribution in [0, 0.1) is 23.7 Å². The predicted molar refractivity (Wildman–Crippen MR) is 56.9 cm³/mol. The van der Waals surface area contributed by atoms with Gasteiger partial charge in [0.2, 0.25) is 0 Å². The van der Waals surface area contributed by atoms with E-state index in [1.54, 1.807) is 0 Å². The van der Waals surface area contributed by atoms with Crippen molar-refractivity contribution in [2.24, 2.45) is 23.7 Å². The molecule has 0 spiro atoms. The van der Waals surface area contributed by atoms with E-state index in [9.17, 15) is 9.90 Å². The average molecular weight is 198 g/mol. The summed E-state index contributed by atoms with van der Waals surface area (Å²) in [6.07, 6.45) is 5.35. The molecule has 0 aromatic carbocycles. The van der Waals surface area contributed by atoms with Crippen molar-refractivity contribution in [2.45, 2.75) is 39.5 Å². The molecule has 1 fully saturated rings. The summed E-state index contributed by atoms with van der Waals surface area (Å²) in [5.41, 5.74) is 0. The van der Waals surface area contributed by atoms with E-state index >= 15 is 0 Å². The Morgan fingerprint density at radius 1 is 1.14 bits per heavy atom. The SMILES string of the molecule is CCC1CC(CC)C(CO)CC1C=O. The van der Waals surface area contributed by atoms with Crippen molar-refractivity contribution in [3.63, 3.8) is 0 Å². The predicted octanol–water partition coefficient (Wildman–Crippen LogP) is 2.26. The molecule has 0 aromatic heterocycles. The molecule has 0 bridgehead atoms. The van der Waals surface area contributed by atoms with Crippen molar-refractivity contribution < 1.29 is 9.90 Å². The second kappa shape index (κ2) is 5.50. The van der Waals surface area contributed by atoms with Crippen molar-refractivity contribution in [1.29, 1.82) is 0 Å². The topological polar surface area (TPSA) is 37.3 Å². The third kappa shape index (κ3) is 2.35. The zero-order valence-corrected chi connectivity index (χ0v) is 9.28. The van der Waals surface area contributed by atoms with Gasteiger partial charge in [0.25, 0.3) is 0 Å².